The lowest BCUT2D eigenvalue weighted by Gasteiger charge is -2.04. The van der Waals surface area contributed by atoms with Crippen LogP contribution in [0.15, 0.2) is 0 Å². The molecule has 5 heteroatoms. The van der Waals surface area contributed by atoms with Crippen molar-refractivity contribution in [3.8, 4) is 0 Å². The van der Waals surface area contributed by atoms with Gasteiger partial charge in [0, 0.05) is 6.61 Å². The second-order valence-electron chi connectivity index (χ2n) is 2.39. The summed E-state index contributed by atoms with van der Waals surface area (Å²) in [6.45, 7) is 4.70. The lowest BCUT2D eigenvalue weighted by molar-refractivity contribution is 0.0315. The van der Waals surface area contributed by atoms with Crippen LogP contribution < -0.4 is 0 Å². The second kappa shape index (κ2) is 9.90. The van der Waals surface area contributed by atoms with E-state index >= 15 is 0 Å². The van der Waals surface area contributed by atoms with Gasteiger partial charge in [-0.25, -0.2) is 4.79 Å². The fourth-order valence-corrected chi connectivity index (χ4v) is 0.785. The van der Waals surface area contributed by atoms with Gasteiger partial charge in [0.25, 0.3) is 0 Å². The fourth-order valence-electron chi connectivity index (χ4n) is 0.667. The van der Waals surface area contributed by atoms with Crippen LogP contribution in [-0.2, 0) is 14.2 Å². The van der Waals surface area contributed by atoms with Crippen LogP contribution in [0.1, 0.15) is 13.3 Å². The maximum Gasteiger partial charge on any atom is 0.319 e. The molecule has 0 radical (unpaired) electrons. The molecule has 13 heavy (non-hydrogen) atoms. The highest BCUT2D eigenvalue weighted by Crippen LogP contribution is 1.90. The van der Waals surface area contributed by atoms with Crippen molar-refractivity contribution in [3.63, 3.8) is 0 Å². The van der Waals surface area contributed by atoms with Gasteiger partial charge in [0.05, 0.1) is 19.8 Å². The molecule has 0 heterocycles. The average molecular weight is 208 g/mol. The minimum Gasteiger partial charge on any atom is -0.461 e. The average Bonchev–Trinajstić information content (AvgIpc) is 2.09. The number of hydrogen-bond donors (Lipinski definition) is 0. The van der Waals surface area contributed by atoms with Crippen LogP contribution in [0.3, 0.4) is 0 Å². The third-order valence-corrected chi connectivity index (χ3v) is 1.36. The van der Waals surface area contributed by atoms with E-state index in [-0.39, 0.29) is 5.71 Å². The van der Waals surface area contributed by atoms with Crippen LogP contribution in [0, 0.1) is 0 Å². The summed E-state index contributed by atoms with van der Waals surface area (Å²) in [5, 5.41) is 0. The van der Waals surface area contributed by atoms with E-state index in [1.807, 2.05) is 9.24 Å². The number of hydrogen-bond acceptors (Lipinski definition) is 4. The molecule has 0 spiro atoms. The zero-order valence-corrected chi connectivity index (χ0v) is 9.11. The molecule has 0 aromatic carbocycles. The molecule has 0 aliphatic rings. The Morgan fingerprint density at radius 3 is 2.15 bits per heavy atom. The largest absolute Gasteiger partial charge is 0.461 e. The Hall–Kier alpha value is -0.180. The zero-order valence-electron chi connectivity index (χ0n) is 7.95. The monoisotopic (exact) mass is 208 g/mol. The van der Waals surface area contributed by atoms with Crippen molar-refractivity contribution in [2.45, 2.75) is 13.3 Å². The molecule has 0 aliphatic heterocycles. The smallest absolute Gasteiger partial charge is 0.319 e. The van der Waals surface area contributed by atoms with Crippen molar-refractivity contribution in [3.05, 3.63) is 0 Å². The van der Waals surface area contributed by atoms with E-state index in [1.54, 1.807) is 0 Å². The predicted octanol–water partition coefficient (Wildman–Crippen LogP) is 1.44. The molecule has 0 bridgehead atoms. The summed E-state index contributed by atoms with van der Waals surface area (Å²) in [5.41, 5.74) is -0.356. The van der Waals surface area contributed by atoms with Crippen LogP contribution in [0.2, 0.25) is 0 Å². The molecule has 0 aliphatic carbocycles. The lowest BCUT2D eigenvalue weighted by Crippen LogP contribution is -2.10. The third-order valence-electron chi connectivity index (χ3n) is 1.19. The summed E-state index contributed by atoms with van der Waals surface area (Å²) in [7, 11) is 1.94. The van der Waals surface area contributed by atoms with Gasteiger partial charge in [0.15, 0.2) is 0 Å². The normalized spacial score (nSPS) is 10.0. The van der Waals surface area contributed by atoms with Crippen molar-refractivity contribution in [1.29, 1.82) is 0 Å². The van der Waals surface area contributed by atoms with E-state index in [0.29, 0.717) is 26.4 Å². The van der Waals surface area contributed by atoms with Crippen LogP contribution in [0.25, 0.3) is 0 Å². The first-order chi connectivity index (χ1) is 6.27. The first kappa shape index (κ1) is 12.8. The molecular weight excluding hydrogens is 191 g/mol. The van der Waals surface area contributed by atoms with Gasteiger partial charge in [-0.3, -0.25) is 0 Å². The van der Waals surface area contributed by atoms with Gasteiger partial charge in [-0.15, -0.1) is 0 Å². The summed E-state index contributed by atoms with van der Waals surface area (Å²) in [4.78, 5) is 10.3. The lowest BCUT2D eigenvalue weighted by atomic mass is 10.5. The molecule has 0 fully saturated rings. The molecule has 1 unspecified atom stereocenters. The first-order valence-electron chi connectivity index (χ1n) is 4.35. The molecule has 78 valence electrons. The summed E-state index contributed by atoms with van der Waals surface area (Å²) in [5.74, 6) is 0. The standard InChI is InChI=1S/C8H17O4P/c1-2-3-10-4-5-11-6-7-12-8(9)13/h2-7,13H2,1H3. The first-order valence-corrected chi connectivity index (χ1v) is 4.92. The van der Waals surface area contributed by atoms with Gasteiger partial charge in [-0.1, -0.05) is 6.92 Å². The van der Waals surface area contributed by atoms with Crippen molar-refractivity contribution in [2.24, 2.45) is 0 Å². The number of carbonyl (C=O) groups excluding carboxylic acids is 1. The Balaban J connectivity index is 2.87. The van der Waals surface area contributed by atoms with Gasteiger partial charge >= 0.3 is 5.71 Å². The van der Waals surface area contributed by atoms with Crippen LogP contribution in [0.4, 0.5) is 4.79 Å². The van der Waals surface area contributed by atoms with E-state index in [0.717, 1.165) is 13.0 Å². The molecule has 0 saturated carbocycles. The Bertz CT molecular complexity index is 129. The van der Waals surface area contributed by atoms with Crippen molar-refractivity contribution in [2.75, 3.05) is 33.0 Å². The van der Waals surface area contributed by atoms with Crippen LogP contribution in [-0.4, -0.2) is 38.7 Å². The molecule has 0 aromatic heterocycles. The molecular formula is C8H17O4P. The summed E-state index contributed by atoms with van der Waals surface area (Å²) >= 11 is 0. The van der Waals surface area contributed by atoms with Gasteiger partial charge in [-0.05, 0) is 15.7 Å². The highest BCUT2D eigenvalue weighted by Gasteiger charge is 1.92. The molecule has 0 amide bonds. The number of ether oxygens (including phenoxy) is 3. The Morgan fingerprint density at radius 2 is 1.62 bits per heavy atom. The fraction of sp³-hybridized carbons (Fsp3) is 0.875. The molecule has 0 saturated heterocycles. The maximum absolute atomic E-state index is 10.3. The second-order valence-corrected chi connectivity index (χ2v) is 2.86. The topological polar surface area (TPSA) is 44.8 Å². The van der Waals surface area contributed by atoms with Gasteiger partial charge in [0.2, 0.25) is 0 Å². The van der Waals surface area contributed by atoms with E-state index in [4.69, 9.17) is 9.47 Å². The maximum atomic E-state index is 10.3. The third kappa shape index (κ3) is 11.8. The van der Waals surface area contributed by atoms with Crippen molar-refractivity contribution in [1.82, 2.24) is 0 Å². The van der Waals surface area contributed by atoms with E-state index < -0.39 is 0 Å². The van der Waals surface area contributed by atoms with Crippen molar-refractivity contribution >= 4 is 15.0 Å². The van der Waals surface area contributed by atoms with Crippen molar-refractivity contribution < 1.29 is 19.0 Å². The quantitative estimate of drug-likeness (QED) is 0.447. The van der Waals surface area contributed by atoms with Gasteiger partial charge in [-0.2, -0.15) is 0 Å². The van der Waals surface area contributed by atoms with E-state index in [2.05, 4.69) is 11.7 Å². The van der Waals surface area contributed by atoms with Gasteiger partial charge < -0.3 is 14.2 Å². The Morgan fingerprint density at radius 1 is 1.08 bits per heavy atom. The number of carbonyl (C=O) groups is 1. The van der Waals surface area contributed by atoms with Crippen LogP contribution >= 0.6 is 9.24 Å². The highest BCUT2D eigenvalue weighted by molar-refractivity contribution is 7.39. The molecule has 0 N–H and O–H groups in total. The summed E-state index contributed by atoms with van der Waals surface area (Å²) in [6, 6.07) is 0. The number of rotatable bonds is 8. The molecule has 0 aromatic rings. The van der Waals surface area contributed by atoms with E-state index in [9.17, 15) is 4.79 Å². The summed E-state index contributed by atoms with van der Waals surface area (Å²) < 4.78 is 14.9. The van der Waals surface area contributed by atoms with E-state index in [1.165, 1.54) is 0 Å². The highest BCUT2D eigenvalue weighted by atomic mass is 31.0. The Kier molecular flexibility index (Phi) is 9.77. The minimum atomic E-state index is -0.356. The van der Waals surface area contributed by atoms with Crippen LogP contribution in [0.5, 0.6) is 0 Å². The predicted molar refractivity (Wildman–Crippen MR) is 53.0 cm³/mol. The van der Waals surface area contributed by atoms with Gasteiger partial charge in [0.1, 0.15) is 6.61 Å². The molecule has 1 atom stereocenters. The minimum absolute atomic E-state index is 0.302. The zero-order chi connectivity index (χ0) is 9.94. The summed E-state index contributed by atoms with van der Waals surface area (Å²) in [6.07, 6.45) is 1.02. The Labute approximate surface area is 81.1 Å². The molecule has 0 rings (SSSR count). The molecule has 4 nitrogen and oxygen atoms in total. The SMILES string of the molecule is CCCOCCOCCOC(=O)P.